The molecule has 0 saturated heterocycles. The molecule has 0 aliphatic heterocycles. The van der Waals surface area contributed by atoms with Crippen LogP contribution in [-0.4, -0.2) is 21.5 Å². The van der Waals surface area contributed by atoms with Gasteiger partial charge in [0, 0.05) is 11.0 Å². The van der Waals surface area contributed by atoms with Crippen molar-refractivity contribution in [3.05, 3.63) is 28.2 Å². The highest BCUT2D eigenvalue weighted by molar-refractivity contribution is 9.10. The molecule has 7 heteroatoms. The molecule has 0 spiro atoms. The number of rotatable bonds is 6. The van der Waals surface area contributed by atoms with Gasteiger partial charge in [-0.1, -0.05) is 15.9 Å². The van der Waals surface area contributed by atoms with Gasteiger partial charge in [-0.05, 0) is 50.1 Å². The average molecular weight is 358 g/mol. The minimum atomic E-state index is -3.40. The van der Waals surface area contributed by atoms with Gasteiger partial charge in [0.2, 0.25) is 10.0 Å². The van der Waals surface area contributed by atoms with Crippen LogP contribution in [0.25, 0.3) is 0 Å². The molecule has 3 N–H and O–H groups in total. The highest BCUT2D eigenvalue weighted by atomic mass is 79.9. The van der Waals surface area contributed by atoms with Crippen molar-refractivity contribution in [2.75, 3.05) is 13.1 Å². The van der Waals surface area contributed by atoms with Crippen molar-refractivity contribution in [2.24, 2.45) is 5.73 Å². The number of benzene rings is 1. The van der Waals surface area contributed by atoms with Crippen molar-refractivity contribution >= 4 is 38.4 Å². The van der Waals surface area contributed by atoms with Crippen LogP contribution < -0.4 is 10.5 Å². The quantitative estimate of drug-likeness (QED) is 0.767. The van der Waals surface area contributed by atoms with Crippen molar-refractivity contribution in [2.45, 2.75) is 24.7 Å². The van der Waals surface area contributed by atoms with Crippen LogP contribution >= 0.6 is 28.3 Å². The monoisotopic (exact) mass is 356 g/mol. The number of nitrogens with two attached hydrogens (primary N) is 1. The van der Waals surface area contributed by atoms with Gasteiger partial charge in [0.15, 0.2) is 0 Å². The summed E-state index contributed by atoms with van der Waals surface area (Å²) >= 11 is 3.31. The largest absolute Gasteiger partial charge is 0.330 e. The second-order valence-corrected chi connectivity index (χ2v) is 6.45. The van der Waals surface area contributed by atoms with Gasteiger partial charge in [0.05, 0.1) is 4.90 Å². The summed E-state index contributed by atoms with van der Waals surface area (Å²) in [6, 6.07) is 5.11. The van der Waals surface area contributed by atoms with E-state index in [1.54, 1.807) is 25.1 Å². The molecular formula is C11H18BrClN2O2S. The summed E-state index contributed by atoms with van der Waals surface area (Å²) < 4.78 is 27.4. The molecule has 0 fully saturated rings. The predicted octanol–water partition coefficient (Wildman–Crippen LogP) is 2.20. The van der Waals surface area contributed by atoms with Gasteiger partial charge in [-0.3, -0.25) is 0 Å². The van der Waals surface area contributed by atoms with Crippen molar-refractivity contribution in [3.63, 3.8) is 0 Å². The van der Waals surface area contributed by atoms with Gasteiger partial charge in [-0.25, -0.2) is 13.1 Å². The third-order valence-electron chi connectivity index (χ3n) is 2.35. The third-order valence-corrected chi connectivity index (χ3v) is 4.46. The number of sulfonamides is 1. The van der Waals surface area contributed by atoms with Crippen LogP contribution in [0.2, 0.25) is 0 Å². The predicted molar refractivity (Wildman–Crippen MR) is 79.6 cm³/mol. The van der Waals surface area contributed by atoms with E-state index in [0.29, 0.717) is 18.0 Å². The molecule has 0 aliphatic carbocycles. The van der Waals surface area contributed by atoms with Crippen LogP contribution in [0.15, 0.2) is 27.6 Å². The standard InChI is InChI=1S/C11H17BrN2O2S.ClH/c1-9-8-10(12)4-5-11(9)17(15,16)14-7-3-2-6-13;/h4-5,8,14H,2-3,6-7,13H2,1H3;1H. The molecule has 0 saturated carbocycles. The molecule has 4 nitrogen and oxygen atoms in total. The second-order valence-electron chi connectivity index (χ2n) is 3.80. The van der Waals surface area contributed by atoms with E-state index < -0.39 is 10.0 Å². The molecule has 1 aromatic carbocycles. The number of nitrogens with one attached hydrogen (secondary N) is 1. The Morgan fingerprint density at radius 3 is 2.56 bits per heavy atom. The van der Waals surface area contributed by atoms with E-state index in [0.717, 1.165) is 22.9 Å². The van der Waals surface area contributed by atoms with E-state index in [2.05, 4.69) is 20.7 Å². The number of halogens is 2. The zero-order chi connectivity index (χ0) is 12.9. The van der Waals surface area contributed by atoms with Crippen molar-refractivity contribution in [3.8, 4) is 0 Å². The van der Waals surface area contributed by atoms with Crippen LogP contribution in [-0.2, 0) is 10.0 Å². The van der Waals surface area contributed by atoms with E-state index in [1.165, 1.54) is 0 Å². The Morgan fingerprint density at radius 2 is 2.00 bits per heavy atom. The lowest BCUT2D eigenvalue weighted by Gasteiger charge is -2.09. The van der Waals surface area contributed by atoms with Gasteiger partial charge >= 0.3 is 0 Å². The Hall–Kier alpha value is -0.140. The first-order valence-electron chi connectivity index (χ1n) is 5.43. The summed E-state index contributed by atoms with van der Waals surface area (Å²) in [6.07, 6.45) is 1.58. The molecule has 0 bridgehead atoms. The number of aryl methyl sites for hydroxylation is 1. The lowest BCUT2D eigenvalue weighted by atomic mass is 10.2. The minimum Gasteiger partial charge on any atom is -0.330 e. The molecule has 0 aromatic heterocycles. The van der Waals surface area contributed by atoms with Crippen molar-refractivity contribution < 1.29 is 8.42 Å². The molecule has 0 aliphatic rings. The molecule has 104 valence electrons. The Morgan fingerprint density at radius 1 is 1.33 bits per heavy atom. The Kier molecular flexibility index (Phi) is 8.05. The summed E-state index contributed by atoms with van der Waals surface area (Å²) in [6.45, 7) is 2.79. The van der Waals surface area contributed by atoms with Gasteiger partial charge < -0.3 is 5.73 Å². The molecule has 0 atom stereocenters. The van der Waals surface area contributed by atoms with E-state index in [-0.39, 0.29) is 12.4 Å². The molecule has 18 heavy (non-hydrogen) atoms. The fourth-order valence-electron chi connectivity index (χ4n) is 1.47. The smallest absolute Gasteiger partial charge is 0.240 e. The highest BCUT2D eigenvalue weighted by Crippen LogP contribution is 2.19. The van der Waals surface area contributed by atoms with Gasteiger partial charge in [-0.2, -0.15) is 0 Å². The Bertz CT molecular complexity index is 480. The lowest BCUT2D eigenvalue weighted by molar-refractivity contribution is 0.576. The van der Waals surface area contributed by atoms with Crippen molar-refractivity contribution in [1.82, 2.24) is 4.72 Å². The molecule has 1 aromatic rings. The first kappa shape index (κ1) is 17.9. The highest BCUT2D eigenvalue weighted by Gasteiger charge is 2.15. The van der Waals surface area contributed by atoms with Crippen molar-refractivity contribution in [1.29, 1.82) is 0 Å². The zero-order valence-electron chi connectivity index (χ0n) is 10.1. The van der Waals surface area contributed by atoms with Crippen LogP contribution in [0, 0.1) is 6.92 Å². The van der Waals surface area contributed by atoms with E-state index in [4.69, 9.17) is 5.73 Å². The summed E-state index contributed by atoms with van der Waals surface area (Å²) in [4.78, 5) is 0.327. The maximum absolute atomic E-state index is 12.0. The fourth-order valence-corrected chi connectivity index (χ4v) is 3.24. The maximum atomic E-state index is 12.0. The lowest BCUT2D eigenvalue weighted by Crippen LogP contribution is -2.25. The number of hydrogen-bond donors (Lipinski definition) is 2. The SMILES string of the molecule is Cc1cc(Br)ccc1S(=O)(=O)NCCCCN.Cl. The molecule has 0 amide bonds. The normalized spacial score (nSPS) is 11.1. The Balaban J connectivity index is 0.00000289. The van der Waals surface area contributed by atoms with Gasteiger partial charge in [-0.15, -0.1) is 12.4 Å². The fraction of sp³-hybridized carbons (Fsp3) is 0.455. The topological polar surface area (TPSA) is 72.2 Å². The molecular weight excluding hydrogens is 340 g/mol. The maximum Gasteiger partial charge on any atom is 0.240 e. The summed E-state index contributed by atoms with van der Waals surface area (Å²) in [5.74, 6) is 0. The first-order chi connectivity index (χ1) is 7.97. The van der Waals surface area contributed by atoms with Crippen LogP contribution in [0.3, 0.4) is 0 Å². The summed E-state index contributed by atoms with van der Waals surface area (Å²) in [7, 11) is -3.40. The first-order valence-corrected chi connectivity index (χ1v) is 7.71. The van der Waals surface area contributed by atoms with E-state index in [1.807, 2.05) is 0 Å². The number of unbranched alkanes of at least 4 members (excludes halogenated alkanes) is 1. The molecule has 0 unspecified atom stereocenters. The van der Waals surface area contributed by atoms with Crippen LogP contribution in [0.1, 0.15) is 18.4 Å². The van der Waals surface area contributed by atoms with E-state index >= 15 is 0 Å². The van der Waals surface area contributed by atoms with Crippen LogP contribution in [0.4, 0.5) is 0 Å². The third kappa shape index (κ3) is 5.24. The summed E-state index contributed by atoms with van der Waals surface area (Å²) in [5.41, 5.74) is 6.08. The van der Waals surface area contributed by atoms with Crippen LogP contribution in [0.5, 0.6) is 0 Å². The Labute approximate surface area is 123 Å². The van der Waals surface area contributed by atoms with Gasteiger partial charge in [0.25, 0.3) is 0 Å². The van der Waals surface area contributed by atoms with E-state index in [9.17, 15) is 8.42 Å². The number of hydrogen-bond acceptors (Lipinski definition) is 3. The zero-order valence-corrected chi connectivity index (χ0v) is 13.4. The molecule has 0 radical (unpaired) electrons. The summed E-state index contributed by atoms with van der Waals surface area (Å²) in [5, 5.41) is 0. The second kappa shape index (κ2) is 8.12. The molecule has 0 heterocycles. The molecule has 1 rings (SSSR count). The minimum absolute atomic E-state index is 0. The van der Waals surface area contributed by atoms with Gasteiger partial charge in [0.1, 0.15) is 0 Å². The average Bonchev–Trinajstić information content (AvgIpc) is 2.24.